The number of nitrogens with one attached hydrogen (secondary N) is 1. The molecule has 1 saturated heterocycles. The van der Waals surface area contributed by atoms with Gasteiger partial charge in [0.1, 0.15) is 22.9 Å². The second-order valence-electron chi connectivity index (χ2n) is 9.25. The van der Waals surface area contributed by atoms with Crippen LogP contribution in [-0.2, 0) is 15.0 Å². The minimum Gasteiger partial charge on any atom is -0.444 e. The summed E-state index contributed by atoms with van der Waals surface area (Å²) >= 11 is 0. The summed E-state index contributed by atoms with van der Waals surface area (Å²) in [5, 5.41) is 2.87. The third-order valence-electron chi connectivity index (χ3n) is 4.22. The summed E-state index contributed by atoms with van der Waals surface area (Å²) in [6, 6.07) is 7.00. The maximum atomic E-state index is 14.2. The number of amides is 2. The van der Waals surface area contributed by atoms with Crippen LogP contribution in [0, 0.1) is 0 Å². The molecule has 1 heterocycles. The number of ether oxygens (including phenoxy) is 2. The van der Waals surface area contributed by atoms with Crippen molar-refractivity contribution in [2.75, 3.05) is 13.1 Å². The van der Waals surface area contributed by atoms with Gasteiger partial charge in [-0.3, -0.25) is 0 Å². The Balaban J connectivity index is 2.30. The van der Waals surface area contributed by atoms with Crippen LogP contribution in [0.15, 0.2) is 24.3 Å². The summed E-state index contributed by atoms with van der Waals surface area (Å²) in [4.78, 5) is 26.3. The minimum absolute atomic E-state index is 0.172. The highest BCUT2D eigenvalue weighted by molar-refractivity contribution is 5.73. The lowest BCUT2D eigenvalue weighted by Crippen LogP contribution is -2.69. The lowest BCUT2D eigenvalue weighted by atomic mass is 9.79. The van der Waals surface area contributed by atoms with E-state index in [1.807, 2.05) is 0 Å². The first-order chi connectivity index (χ1) is 12.7. The van der Waals surface area contributed by atoms with Gasteiger partial charge in [-0.15, -0.1) is 0 Å². The van der Waals surface area contributed by atoms with Crippen molar-refractivity contribution in [3.05, 3.63) is 35.4 Å². The van der Waals surface area contributed by atoms with Crippen LogP contribution in [-0.4, -0.2) is 41.4 Å². The fourth-order valence-corrected chi connectivity index (χ4v) is 3.16. The van der Waals surface area contributed by atoms with Gasteiger partial charge >= 0.3 is 12.2 Å². The van der Waals surface area contributed by atoms with Crippen molar-refractivity contribution in [3.8, 4) is 0 Å². The smallest absolute Gasteiger partial charge is 0.410 e. The van der Waals surface area contributed by atoms with Crippen molar-refractivity contribution < 1.29 is 23.5 Å². The molecular formula is C21H31FN2O4. The van der Waals surface area contributed by atoms with E-state index in [0.717, 1.165) is 0 Å². The van der Waals surface area contributed by atoms with E-state index in [1.165, 1.54) is 11.8 Å². The third-order valence-corrected chi connectivity index (χ3v) is 4.22. The molecule has 0 aliphatic carbocycles. The molecule has 1 fully saturated rings. The zero-order valence-corrected chi connectivity index (χ0v) is 17.8. The monoisotopic (exact) mass is 394 g/mol. The summed E-state index contributed by atoms with van der Waals surface area (Å²) < 4.78 is 25.0. The SMILES string of the molecule is CC(F)c1ccccc1C1(NC(=O)OC(C)(C)C)CN(C(=O)OC(C)(C)C)C1. The standard InChI is InChI=1S/C21H31FN2O4/c1-14(22)15-10-8-9-11-16(15)21(23-17(25)27-19(2,3)4)12-24(13-21)18(26)28-20(5,6)7/h8-11,14H,12-13H2,1-7H3,(H,23,25). The van der Waals surface area contributed by atoms with Crippen LogP contribution in [0.1, 0.15) is 65.8 Å². The highest BCUT2D eigenvalue weighted by Crippen LogP contribution is 2.38. The summed E-state index contributed by atoms with van der Waals surface area (Å²) in [7, 11) is 0. The molecule has 2 rings (SSSR count). The Kier molecular flexibility index (Phi) is 5.97. The van der Waals surface area contributed by atoms with E-state index in [0.29, 0.717) is 11.1 Å². The van der Waals surface area contributed by atoms with Crippen LogP contribution in [0.25, 0.3) is 0 Å². The first-order valence-corrected chi connectivity index (χ1v) is 9.45. The van der Waals surface area contributed by atoms with Gasteiger partial charge in [-0.25, -0.2) is 14.0 Å². The molecule has 28 heavy (non-hydrogen) atoms. The van der Waals surface area contributed by atoms with Crippen molar-refractivity contribution >= 4 is 12.2 Å². The van der Waals surface area contributed by atoms with Gasteiger partial charge in [0.15, 0.2) is 0 Å². The van der Waals surface area contributed by atoms with Crippen LogP contribution in [0.2, 0.25) is 0 Å². The number of halogens is 1. The molecule has 156 valence electrons. The number of rotatable bonds is 3. The van der Waals surface area contributed by atoms with Crippen molar-refractivity contribution in [2.45, 2.75) is 71.4 Å². The van der Waals surface area contributed by atoms with E-state index in [4.69, 9.17) is 9.47 Å². The van der Waals surface area contributed by atoms with Crippen LogP contribution in [0.4, 0.5) is 14.0 Å². The number of hydrogen-bond donors (Lipinski definition) is 1. The average molecular weight is 394 g/mol. The van der Waals surface area contributed by atoms with Crippen molar-refractivity contribution in [2.24, 2.45) is 0 Å². The molecule has 2 amide bonds. The molecule has 6 nitrogen and oxygen atoms in total. The van der Waals surface area contributed by atoms with E-state index < -0.39 is 35.1 Å². The Hall–Kier alpha value is -2.31. The van der Waals surface area contributed by atoms with E-state index in [1.54, 1.807) is 65.8 Å². The molecule has 0 bridgehead atoms. The topological polar surface area (TPSA) is 67.9 Å². The fraction of sp³-hybridized carbons (Fsp3) is 0.619. The van der Waals surface area contributed by atoms with Gasteiger partial charge in [0.05, 0.1) is 13.1 Å². The predicted octanol–water partition coefficient (Wildman–Crippen LogP) is 4.69. The first-order valence-electron chi connectivity index (χ1n) is 9.45. The molecule has 1 aliphatic heterocycles. The molecule has 1 atom stereocenters. The lowest BCUT2D eigenvalue weighted by Gasteiger charge is -2.51. The molecule has 0 saturated carbocycles. The molecule has 1 aromatic carbocycles. The lowest BCUT2D eigenvalue weighted by molar-refractivity contribution is -0.0234. The number of alkyl halides is 1. The second-order valence-corrected chi connectivity index (χ2v) is 9.25. The molecule has 0 radical (unpaired) electrons. The Morgan fingerprint density at radius 1 is 1.07 bits per heavy atom. The highest BCUT2D eigenvalue weighted by Gasteiger charge is 2.50. The summed E-state index contributed by atoms with van der Waals surface area (Å²) in [5.74, 6) is 0. The second kappa shape index (κ2) is 7.60. The average Bonchev–Trinajstić information content (AvgIpc) is 2.46. The Bertz CT molecular complexity index is 729. The molecule has 1 N–H and O–H groups in total. The maximum Gasteiger partial charge on any atom is 0.410 e. The largest absolute Gasteiger partial charge is 0.444 e. The van der Waals surface area contributed by atoms with Crippen LogP contribution < -0.4 is 5.32 Å². The number of likely N-dealkylation sites (tertiary alicyclic amines) is 1. The van der Waals surface area contributed by atoms with Gasteiger partial charge < -0.3 is 19.7 Å². The zero-order valence-electron chi connectivity index (χ0n) is 17.8. The van der Waals surface area contributed by atoms with Crippen LogP contribution in [0.5, 0.6) is 0 Å². The van der Waals surface area contributed by atoms with Gasteiger partial charge in [-0.05, 0) is 59.6 Å². The van der Waals surface area contributed by atoms with E-state index in [-0.39, 0.29) is 13.1 Å². The Labute approximate surface area is 166 Å². The molecule has 7 heteroatoms. The fourth-order valence-electron chi connectivity index (χ4n) is 3.16. The number of benzene rings is 1. The first kappa shape index (κ1) is 22.0. The number of hydrogen-bond acceptors (Lipinski definition) is 4. The van der Waals surface area contributed by atoms with E-state index in [9.17, 15) is 14.0 Å². The van der Waals surface area contributed by atoms with Crippen molar-refractivity contribution in [1.82, 2.24) is 10.2 Å². The highest BCUT2D eigenvalue weighted by atomic mass is 19.1. The van der Waals surface area contributed by atoms with E-state index >= 15 is 0 Å². The van der Waals surface area contributed by atoms with Gasteiger partial charge in [0.25, 0.3) is 0 Å². The van der Waals surface area contributed by atoms with Gasteiger partial charge in [-0.2, -0.15) is 0 Å². The summed E-state index contributed by atoms with van der Waals surface area (Å²) in [5.41, 5.74) is -1.12. The van der Waals surface area contributed by atoms with Crippen molar-refractivity contribution in [3.63, 3.8) is 0 Å². The van der Waals surface area contributed by atoms with Gasteiger partial charge in [0.2, 0.25) is 0 Å². The van der Waals surface area contributed by atoms with E-state index in [2.05, 4.69) is 5.32 Å². The number of alkyl carbamates (subject to hydrolysis) is 1. The Morgan fingerprint density at radius 3 is 2.11 bits per heavy atom. The number of carbonyl (C=O) groups is 2. The number of carbonyl (C=O) groups excluding carboxylic acids is 2. The van der Waals surface area contributed by atoms with Crippen LogP contribution in [0.3, 0.4) is 0 Å². The molecular weight excluding hydrogens is 363 g/mol. The molecule has 0 spiro atoms. The molecule has 0 aromatic heterocycles. The van der Waals surface area contributed by atoms with Crippen molar-refractivity contribution in [1.29, 1.82) is 0 Å². The normalized spacial score (nSPS) is 17.4. The summed E-state index contributed by atoms with van der Waals surface area (Å²) in [6.45, 7) is 12.5. The maximum absolute atomic E-state index is 14.2. The molecule has 1 aliphatic rings. The summed E-state index contributed by atoms with van der Waals surface area (Å²) in [6.07, 6.45) is -2.30. The number of nitrogens with zero attached hydrogens (tertiary/aromatic N) is 1. The molecule has 1 unspecified atom stereocenters. The molecule has 1 aromatic rings. The van der Waals surface area contributed by atoms with Gasteiger partial charge in [-0.1, -0.05) is 24.3 Å². The van der Waals surface area contributed by atoms with Gasteiger partial charge in [0, 0.05) is 0 Å². The zero-order chi connectivity index (χ0) is 21.3. The van der Waals surface area contributed by atoms with Crippen LogP contribution >= 0.6 is 0 Å². The minimum atomic E-state index is -1.22. The third kappa shape index (κ3) is 5.36. The Morgan fingerprint density at radius 2 is 1.61 bits per heavy atom. The predicted molar refractivity (Wildman–Crippen MR) is 105 cm³/mol. The quantitative estimate of drug-likeness (QED) is 0.808.